The van der Waals surface area contributed by atoms with Crippen molar-refractivity contribution < 1.29 is 18.1 Å². The summed E-state index contributed by atoms with van der Waals surface area (Å²) in [5.41, 5.74) is 0.759. The van der Waals surface area contributed by atoms with E-state index in [2.05, 4.69) is 10.5 Å². The van der Waals surface area contributed by atoms with Crippen LogP contribution < -0.4 is 10.5 Å². The zero-order chi connectivity index (χ0) is 17.2. The highest BCUT2D eigenvalue weighted by Gasteiger charge is 2.21. The molecule has 1 aromatic rings. The summed E-state index contributed by atoms with van der Waals surface area (Å²) >= 11 is 0. The number of nitrogens with zero attached hydrogens (tertiary/aromatic N) is 1. The lowest BCUT2D eigenvalue weighted by molar-refractivity contribution is -0.384. The Kier molecular flexibility index (Phi) is 8.52. The molecule has 1 aliphatic carbocycles. The van der Waals surface area contributed by atoms with Gasteiger partial charge >= 0.3 is 0 Å². The molecule has 1 aliphatic rings. The number of benzene rings is 1. The second-order valence-electron chi connectivity index (χ2n) is 5.32. The molecule has 1 saturated carbocycles. The largest absolute Gasteiger partial charge is 0.381 e. The third kappa shape index (κ3) is 7.40. The zero-order valence-electron chi connectivity index (χ0n) is 13.0. The molecule has 0 aromatic heterocycles. The van der Waals surface area contributed by atoms with Crippen molar-refractivity contribution in [1.82, 2.24) is 0 Å². The third-order valence-electron chi connectivity index (χ3n) is 3.81. The van der Waals surface area contributed by atoms with Crippen LogP contribution in [0.5, 0.6) is 0 Å². The van der Waals surface area contributed by atoms with Gasteiger partial charge in [-0.1, -0.05) is 12.1 Å². The normalized spacial score (nSPS) is 20.5. The number of methoxy groups -OCH3 is 1. The Balaban J connectivity index is 0.000000593. The van der Waals surface area contributed by atoms with E-state index in [4.69, 9.17) is 13.2 Å². The minimum atomic E-state index is -2.62. The minimum Gasteiger partial charge on any atom is -0.381 e. The Bertz CT molecular complexity index is 563. The fourth-order valence-electron chi connectivity index (χ4n) is 2.61. The van der Waals surface area contributed by atoms with Crippen molar-refractivity contribution in [2.45, 2.75) is 31.8 Å². The predicted molar refractivity (Wildman–Crippen MR) is 88.8 cm³/mol. The van der Waals surface area contributed by atoms with Gasteiger partial charge in [0.15, 0.2) is 10.9 Å². The Morgan fingerprint density at radius 2 is 1.87 bits per heavy atom. The number of nitro groups is 1. The van der Waals surface area contributed by atoms with Crippen molar-refractivity contribution in [2.24, 2.45) is 11.1 Å². The molecule has 0 atom stereocenters. The first-order chi connectivity index (χ1) is 10.9. The van der Waals surface area contributed by atoms with E-state index >= 15 is 0 Å². The molecule has 0 bridgehead atoms. The van der Waals surface area contributed by atoms with Crippen molar-refractivity contribution in [3.63, 3.8) is 0 Å². The minimum absolute atomic E-state index is 0.146. The number of nitrogens with one attached hydrogen (secondary N) is 1. The number of nitro benzene ring substituents is 1. The highest BCUT2D eigenvalue weighted by atomic mass is 32.2. The standard InChI is InChI=1S/C14H20N2O3.H3NO2S/c1-19-12-8-6-11(7-9-12)10-15-13-4-2-3-5-14(13)16(17)18;1-4(2)3/h2-5,11-12,15H,6-10H2,1H3;4H,(H2,1,2,3). The molecule has 0 heterocycles. The van der Waals surface area contributed by atoms with Gasteiger partial charge in [0.05, 0.1) is 11.0 Å². The molecule has 2 rings (SSSR count). The highest BCUT2D eigenvalue weighted by Crippen LogP contribution is 2.28. The fourth-order valence-corrected chi connectivity index (χ4v) is 2.61. The van der Waals surface area contributed by atoms with Gasteiger partial charge in [0, 0.05) is 19.7 Å². The quantitative estimate of drug-likeness (QED) is 0.424. The second kappa shape index (κ2) is 10.1. The molecular formula is C14H23N3O5S. The molecule has 0 unspecified atom stereocenters. The average Bonchev–Trinajstić information content (AvgIpc) is 2.53. The topological polar surface area (TPSA) is 125 Å². The van der Waals surface area contributed by atoms with Gasteiger partial charge in [-0.15, -0.1) is 0 Å². The van der Waals surface area contributed by atoms with E-state index in [-0.39, 0.29) is 10.6 Å². The van der Waals surface area contributed by atoms with Gasteiger partial charge in [0.1, 0.15) is 5.69 Å². The number of nitrogens with two attached hydrogens (primary N) is 1. The fraction of sp³-hybridized carbons (Fsp3) is 0.571. The van der Waals surface area contributed by atoms with Crippen molar-refractivity contribution >= 4 is 22.3 Å². The molecule has 1 aromatic carbocycles. The summed E-state index contributed by atoms with van der Waals surface area (Å²) in [6.45, 7) is 0.793. The van der Waals surface area contributed by atoms with Crippen LogP contribution in [0, 0.1) is 16.0 Å². The molecule has 9 heteroatoms. The Morgan fingerprint density at radius 3 is 2.39 bits per heavy atom. The van der Waals surface area contributed by atoms with Crippen LogP contribution in [0.3, 0.4) is 0 Å². The van der Waals surface area contributed by atoms with Gasteiger partial charge in [0.2, 0.25) is 0 Å². The summed E-state index contributed by atoms with van der Waals surface area (Å²) in [5, 5.41) is 18.2. The predicted octanol–water partition coefficient (Wildman–Crippen LogP) is 1.68. The highest BCUT2D eigenvalue weighted by molar-refractivity contribution is 7.69. The first kappa shape index (κ1) is 19.3. The van der Waals surface area contributed by atoms with Crippen LogP contribution in [0.25, 0.3) is 0 Å². The van der Waals surface area contributed by atoms with E-state index in [1.54, 1.807) is 19.2 Å². The molecule has 0 aliphatic heterocycles. The summed E-state index contributed by atoms with van der Waals surface area (Å²) in [4.78, 5) is 10.6. The number of para-hydroxylation sites is 2. The SMILES string of the molecule is COC1CCC(CNc2ccccc2[N+](=O)[O-])CC1.N[SH](=O)=O. The molecule has 130 valence electrons. The van der Waals surface area contributed by atoms with Crippen molar-refractivity contribution in [3.05, 3.63) is 34.4 Å². The molecular weight excluding hydrogens is 322 g/mol. The maximum Gasteiger partial charge on any atom is 0.292 e. The Hall–Kier alpha value is -1.71. The maximum absolute atomic E-state index is 10.9. The molecule has 1 fully saturated rings. The monoisotopic (exact) mass is 345 g/mol. The molecule has 8 nitrogen and oxygen atoms in total. The van der Waals surface area contributed by atoms with Gasteiger partial charge in [-0.2, -0.15) is 0 Å². The smallest absolute Gasteiger partial charge is 0.292 e. The average molecular weight is 345 g/mol. The van der Waals surface area contributed by atoms with Crippen molar-refractivity contribution in [3.8, 4) is 0 Å². The number of anilines is 1. The lowest BCUT2D eigenvalue weighted by Crippen LogP contribution is -2.25. The molecule has 3 N–H and O–H groups in total. The van der Waals surface area contributed by atoms with E-state index in [9.17, 15) is 10.1 Å². The number of hydrogen-bond donors (Lipinski definition) is 3. The van der Waals surface area contributed by atoms with Gasteiger partial charge in [-0.05, 0) is 37.7 Å². The lowest BCUT2D eigenvalue weighted by atomic mass is 9.87. The summed E-state index contributed by atoms with van der Waals surface area (Å²) in [5.74, 6) is 0.575. The van der Waals surface area contributed by atoms with Crippen molar-refractivity contribution in [1.29, 1.82) is 0 Å². The van der Waals surface area contributed by atoms with Crippen LogP contribution in [0.2, 0.25) is 0 Å². The van der Waals surface area contributed by atoms with Crippen LogP contribution in [0.4, 0.5) is 11.4 Å². The summed E-state index contributed by atoms with van der Waals surface area (Å²) < 4.78 is 23.0. The second-order valence-corrected chi connectivity index (χ2v) is 5.89. The van der Waals surface area contributed by atoms with E-state index in [1.165, 1.54) is 6.07 Å². The van der Waals surface area contributed by atoms with Gasteiger partial charge < -0.3 is 10.1 Å². The van der Waals surface area contributed by atoms with Crippen molar-refractivity contribution in [2.75, 3.05) is 19.0 Å². The van der Waals surface area contributed by atoms with Gasteiger partial charge in [-0.3, -0.25) is 10.1 Å². The first-order valence-corrected chi connectivity index (χ1v) is 8.57. The molecule has 0 amide bonds. The Labute approximate surface area is 137 Å². The summed E-state index contributed by atoms with van der Waals surface area (Å²) in [6, 6.07) is 6.80. The molecule has 0 spiro atoms. The molecule has 23 heavy (non-hydrogen) atoms. The third-order valence-corrected chi connectivity index (χ3v) is 3.81. The van der Waals surface area contributed by atoms with E-state index in [0.29, 0.717) is 17.7 Å². The number of hydrogen-bond acceptors (Lipinski definition) is 6. The first-order valence-electron chi connectivity index (χ1n) is 7.33. The number of rotatable bonds is 5. The van der Waals surface area contributed by atoms with Crippen LogP contribution >= 0.6 is 0 Å². The summed E-state index contributed by atoms with van der Waals surface area (Å²) in [7, 11) is -0.860. The number of ether oxygens (including phenoxy) is 1. The summed E-state index contributed by atoms with van der Waals surface area (Å²) in [6.07, 6.45) is 4.79. The Morgan fingerprint density at radius 1 is 1.30 bits per heavy atom. The lowest BCUT2D eigenvalue weighted by Gasteiger charge is -2.27. The van der Waals surface area contributed by atoms with Crippen LogP contribution in [0.15, 0.2) is 24.3 Å². The maximum atomic E-state index is 10.9. The zero-order valence-corrected chi connectivity index (χ0v) is 13.9. The molecule has 0 radical (unpaired) electrons. The van der Waals surface area contributed by atoms with Crippen LogP contribution in [-0.2, 0) is 15.6 Å². The molecule has 0 saturated heterocycles. The van der Waals surface area contributed by atoms with E-state index in [0.717, 1.165) is 32.2 Å². The number of thiol groups is 1. The van der Waals surface area contributed by atoms with Gasteiger partial charge in [-0.25, -0.2) is 13.6 Å². The van der Waals surface area contributed by atoms with Crippen LogP contribution in [0.1, 0.15) is 25.7 Å². The van der Waals surface area contributed by atoms with E-state index < -0.39 is 10.9 Å². The van der Waals surface area contributed by atoms with Gasteiger partial charge in [0.25, 0.3) is 5.69 Å². The van der Waals surface area contributed by atoms with Crippen LogP contribution in [-0.4, -0.2) is 33.1 Å². The van der Waals surface area contributed by atoms with E-state index in [1.807, 2.05) is 6.07 Å².